The highest BCUT2D eigenvalue weighted by molar-refractivity contribution is 5.81. The van der Waals surface area contributed by atoms with Crippen molar-refractivity contribution in [1.82, 2.24) is 5.32 Å². The first-order chi connectivity index (χ1) is 6.15. The number of hydrogen-bond acceptors (Lipinski definition) is 4. The number of hydrogen-bond donors (Lipinski definition) is 3. The minimum absolute atomic E-state index is 0.143. The van der Waals surface area contributed by atoms with Crippen LogP contribution in [0.3, 0.4) is 0 Å². The van der Waals surface area contributed by atoms with Crippen LogP contribution in [0.15, 0.2) is 0 Å². The standard InChI is InChI=1S/C8H18N2O3/c1-3-7(9)8(12)10-6(4-11)5-13-2/h6-7,11H,3-5,9H2,1-2H3,(H,10,12). The lowest BCUT2D eigenvalue weighted by Crippen LogP contribution is -2.48. The molecule has 0 saturated heterocycles. The number of aliphatic hydroxyl groups excluding tert-OH is 1. The molecule has 78 valence electrons. The van der Waals surface area contributed by atoms with Gasteiger partial charge in [-0.05, 0) is 6.42 Å². The molecule has 0 rings (SSSR count). The Labute approximate surface area is 78.3 Å². The molecule has 5 nitrogen and oxygen atoms in total. The topological polar surface area (TPSA) is 84.6 Å². The number of amides is 1. The first-order valence-electron chi connectivity index (χ1n) is 4.31. The monoisotopic (exact) mass is 190 g/mol. The van der Waals surface area contributed by atoms with Crippen molar-refractivity contribution in [3.63, 3.8) is 0 Å². The van der Waals surface area contributed by atoms with Crippen LogP contribution in [0.5, 0.6) is 0 Å². The molecular weight excluding hydrogens is 172 g/mol. The van der Waals surface area contributed by atoms with Gasteiger partial charge in [-0.15, -0.1) is 0 Å². The number of methoxy groups -OCH3 is 1. The summed E-state index contributed by atoms with van der Waals surface area (Å²) in [5.74, 6) is -0.251. The van der Waals surface area contributed by atoms with Crippen molar-refractivity contribution in [2.45, 2.75) is 25.4 Å². The maximum absolute atomic E-state index is 11.2. The van der Waals surface area contributed by atoms with Crippen LogP contribution >= 0.6 is 0 Å². The Hall–Kier alpha value is -0.650. The van der Waals surface area contributed by atoms with Crippen LogP contribution in [-0.4, -0.2) is 43.4 Å². The normalized spacial score (nSPS) is 15.1. The van der Waals surface area contributed by atoms with E-state index in [1.54, 1.807) is 0 Å². The molecule has 0 aliphatic carbocycles. The Bertz CT molecular complexity index is 152. The molecule has 0 radical (unpaired) electrons. The van der Waals surface area contributed by atoms with E-state index in [1.807, 2.05) is 6.92 Å². The summed E-state index contributed by atoms with van der Waals surface area (Å²) in [6, 6.07) is -0.874. The zero-order chi connectivity index (χ0) is 10.3. The van der Waals surface area contributed by atoms with Gasteiger partial charge in [0.1, 0.15) is 0 Å². The predicted octanol–water partition coefficient (Wildman–Crippen LogP) is -1.15. The maximum Gasteiger partial charge on any atom is 0.237 e. The van der Waals surface area contributed by atoms with Crippen LogP contribution in [0, 0.1) is 0 Å². The zero-order valence-electron chi connectivity index (χ0n) is 8.12. The third-order valence-corrected chi connectivity index (χ3v) is 1.71. The van der Waals surface area contributed by atoms with Gasteiger partial charge in [0.05, 0.1) is 25.3 Å². The summed E-state index contributed by atoms with van der Waals surface area (Å²) < 4.78 is 4.79. The van der Waals surface area contributed by atoms with Gasteiger partial charge in [-0.1, -0.05) is 6.92 Å². The average Bonchev–Trinajstić information content (AvgIpc) is 2.15. The molecular formula is C8H18N2O3. The lowest BCUT2D eigenvalue weighted by atomic mass is 10.2. The van der Waals surface area contributed by atoms with E-state index in [0.717, 1.165) is 0 Å². The van der Waals surface area contributed by atoms with Crippen LogP contribution in [0.25, 0.3) is 0 Å². The Morgan fingerprint density at radius 2 is 2.31 bits per heavy atom. The molecule has 0 fully saturated rings. The largest absolute Gasteiger partial charge is 0.394 e. The molecule has 2 unspecified atom stereocenters. The van der Waals surface area contributed by atoms with Gasteiger partial charge in [0.15, 0.2) is 0 Å². The van der Waals surface area contributed by atoms with Crippen molar-refractivity contribution in [3.05, 3.63) is 0 Å². The van der Waals surface area contributed by atoms with E-state index in [9.17, 15) is 4.79 Å². The minimum atomic E-state index is -0.508. The number of nitrogens with two attached hydrogens (primary N) is 1. The van der Waals surface area contributed by atoms with Gasteiger partial charge in [-0.3, -0.25) is 4.79 Å². The SMILES string of the molecule is CCC(N)C(=O)NC(CO)COC. The van der Waals surface area contributed by atoms with Crippen molar-refractivity contribution < 1.29 is 14.6 Å². The average molecular weight is 190 g/mol. The molecule has 1 amide bonds. The molecule has 0 aromatic rings. The molecule has 4 N–H and O–H groups in total. The molecule has 2 atom stereocenters. The summed E-state index contributed by atoms with van der Waals surface area (Å²) in [7, 11) is 1.51. The first-order valence-corrected chi connectivity index (χ1v) is 4.31. The minimum Gasteiger partial charge on any atom is -0.394 e. The molecule has 0 aliphatic rings. The third-order valence-electron chi connectivity index (χ3n) is 1.71. The van der Waals surface area contributed by atoms with Gasteiger partial charge < -0.3 is 20.9 Å². The molecule has 0 saturated carbocycles. The van der Waals surface area contributed by atoms with E-state index < -0.39 is 6.04 Å². The summed E-state index contributed by atoms with van der Waals surface area (Å²) in [5, 5.41) is 11.4. The van der Waals surface area contributed by atoms with Crippen LogP contribution < -0.4 is 11.1 Å². The van der Waals surface area contributed by atoms with Gasteiger partial charge in [-0.25, -0.2) is 0 Å². The second-order valence-corrected chi connectivity index (χ2v) is 2.86. The maximum atomic E-state index is 11.2. The van der Waals surface area contributed by atoms with Crippen LogP contribution in [0.4, 0.5) is 0 Å². The summed E-state index contributed by atoms with van der Waals surface area (Å²) in [5.41, 5.74) is 5.48. The second kappa shape index (κ2) is 6.82. The molecule has 0 aromatic carbocycles. The number of carbonyl (C=O) groups excluding carboxylic acids is 1. The van der Waals surface area contributed by atoms with Crippen molar-refractivity contribution in [2.24, 2.45) is 5.73 Å². The van der Waals surface area contributed by atoms with E-state index >= 15 is 0 Å². The van der Waals surface area contributed by atoms with Crippen molar-refractivity contribution in [1.29, 1.82) is 0 Å². The third kappa shape index (κ3) is 4.82. The number of nitrogens with one attached hydrogen (secondary N) is 1. The summed E-state index contributed by atoms with van der Waals surface area (Å²) in [6.07, 6.45) is 0.580. The van der Waals surface area contributed by atoms with Gasteiger partial charge in [0, 0.05) is 7.11 Å². The van der Waals surface area contributed by atoms with Crippen molar-refractivity contribution in [3.8, 4) is 0 Å². The Kier molecular flexibility index (Phi) is 6.48. The molecule has 0 aliphatic heterocycles. The van der Waals surface area contributed by atoms with Crippen molar-refractivity contribution in [2.75, 3.05) is 20.3 Å². The zero-order valence-corrected chi connectivity index (χ0v) is 8.12. The highest BCUT2D eigenvalue weighted by Gasteiger charge is 2.15. The predicted molar refractivity (Wildman–Crippen MR) is 49.2 cm³/mol. The van der Waals surface area contributed by atoms with Crippen LogP contribution in [0.2, 0.25) is 0 Å². The summed E-state index contributed by atoms with van der Waals surface area (Å²) in [4.78, 5) is 11.2. The van der Waals surface area contributed by atoms with Gasteiger partial charge in [0.2, 0.25) is 5.91 Å². The van der Waals surface area contributed by atoms with Crippen LogP contribution in [0.1, 0.15) is 13.3 Å². The fraction of sp³-hybridized carbons (Fsp3) is 0.875. The molecule has 0 spiro atoms. The first kappa shape index (κ1) is 12.3. The highest BCUT2D eigenvalue weighted by atomic mass is 16.5. The number of aliphatic hydroxyl groups is 1. The van der Waals surface area contributed by atoms with E-state index in [2.05, 4.69) is 5.32 Å². The molecule has 0 aromatic heterocycles. The van der Waals surface area contributed by atoms with E-state index in [4.69, 9.17) is 15.6 Å². The number of rotatable bonds is 6. The Morgan fingerprint density at radius 1 is 1.69 bits per heavy atom. The molecule has 13 heavy (non-hydrogen) atoms. The number of carbonyl (C=O) groups is 1. The van der Waals surface area contributed by atoms with Crippen LogP contribution in [-0.2, 0) is 9.53 Å². The van der Waals surface area contributed by atoms with E-state index in [-0.39, 0.29) is 18.6 Å². The second-order valence-electron chi connectivity index (χ2n) is 2.86. The highest BCUT2D eigenvalue weighted by Crippen LogP contribution is 1.89. The molecule has 0 bridgehead atoms. The lowest BCUT2D eigenvalue weighted by Gasteiger charge is -2.17. The lowest BCUT2D eigenvalue weighted by molar-refractivity contribution is -0.123. The van der Waals surface area contributed by atoms with E-state index in [0.29, 0.717) is 13.0 Å². The number of ether oxygens (including phenoxy) is 1. The molecule has 5 heteroatoms. The fourth-order valence-corrected chi connectivity index (χ4v) is 0.835. The van der Waals surface area contributed by atoms with Gasteiger partial charge in [-0.2, -0.15) is 0 Å². The van der Waals surface area contributed by atoms with Gasteiger partial charge in [0.25, 0.3) is 0 Å². The quantitative estimate of drug-likeness (QED) is 0.493. The summed E-state index contributed by atoms with van der Waals surface area (Å²) >= 11 is 0. The molecule has 0 heterocycles. The Balaban J connectivity index is 3.85. The smallest absolute Gasteiger partial charge is 0.237 e. The fourth-order valence-electron chi connectivity index (χ4n) is 0.835. The van der Waals surface area contributed by atoms with E-state index in [1.165, 1.54) is 7.11 Å². The summed E-state index contributed by atoms with van der Waals surface area (Å²) in [6.45, 7) is 1.98. The van der Waals surface area contributed by atoms with Crippen molar-refractivity contribution >= 4 is 5.91 Å². The Morgan fingerprint density at radius 3 is 2.69 bits per heavy atom. The van der Waals surface area contributed by atoms with Gasteiger partial charge >= 0.3 is 0 Å².